The number of fused-ring (bicyclic) bond motifs is 1. The minimum Gasteiger partial charge on any atom is -0.263 e. The molecule has 0 aliphatic carbocycles. The fourth-order valence-corrected chi connectivity index (χ4v) is 5.31. The molecule has 5 nitrogen and oxygen atoms in total. The summed E-state index contributed by atoms with van der Waals surface area (Å²) in [7, 11) is -2.09. The van der Waals surface area contributed by atoms with Crippen LogP contribution in [-0.2, 0) is 23.5 Å². The van der Waals surface area contributed by atoms with Crippen LogP contribution in [-0.4, -0.2) is 24.2 Å². The van der Waals surface area contributed by atoms with E-state index in [1.54, 1.807) is 14.0 Å². The van der Waals surface area contributed by atoms with Crippen molar-refractivity contribution >= 4 is 27.3 Å². The van der Waals surface area contributed by atoms with Gasteiger partial charge in [-0.25, -0.2) is 8.42 Å². The highest BCUT2D eigenvalue weighted by Gasteiger charge is 2.39. The molecule has 0 amide bonds. The van der Waals surface area contributed by atoms with Crippen LogP contribution in [0.25, 0.3) is 0 Å². The van der Waals surface area contributed by atoms with Crippen LogP contribution < -0.4 is 4.31 Å². The predicted octanol–water partition coefficient (Wildman–Crippen LogP) is 2.52. The fraction of sp³-hybridized carbons (Fsp3) is 0.357. The molecule has 3 rings (SSSR count). The summed E-state index contributed by atoms with van der Waals surface area (Å²) in [5.41, 5.74) is 2.18. The highest BCUT2D eigenvalue weighted by molar-refractivity contribution is 7.93. The smallest absolute Gasteiger partial charge is 0.263 e. The average Bonchev–Trinajstić information content (AvgIpc) is 2.86. The first-order chi connectivity index (χ1) is 9.84. The number of para-hydroxylation sites is 1. The summed E-state index contributed by atoms with van der Waals surface area (Å²) in [5.74, 6) is 0. The Morgan fingerprint density at radius 3 is 2.62 bits per heavy atom. The maximum Gasteiger partial charge on any atom is 0.269 e. The molecule has 1 aromatic carbocycles. The Labute approximate surface area is 129 Å². The highest BCUT2D eigenvalue weighted by Crippen LogP contribution is 2.38. The number of halogens is 1. The summed E-state index contributed by atoms with van der Waals surface area (Å²) in [6, 6.07) is 7.42. The molecule has 0 saturated heterocycles. The molecule has 1 aliphatic rings. The van der Waals surface area contributed by atoms with Crippen LogP contribution in [0, 0.1) is 6.92 Å². The summed E-state index contributed by atoms with van der Waals surface area (Å²) in [5, 5.41) is 4.25. The molecule has 0 bridgehead atoms. The van der Waals surface area contributed by atoms with Gasteiger partial charge in [0, 0.05) is 13.1 Å². The van der Waals surface area contributed by atoms with Crippen molar-refractivity contribution in [2.45, 2.75) is 31.2 Å². The van der Waals surface area contributed by atoms with Gasteiger partial charge in [0.2, 0.25) is 0 Å². The molecule has 112 valence electrons. The number of aryl methyl sites for hydroxylation is 2. The van der Waals surface area contributed by atoms with Gasteiger partial charge in [0.05, 0.1) is 11.4 Å². The van der Waals surface area contributed by atoms with Gasteiger partial charge in [0.1, 0.15) is 10.0 Å². The molecule has 1 unspecified atom stereocenters. The van der Waals surface area contributed by atoms with Crippen LogP contribution in [0.1, 0.15) is 18.2 Å². The number of nitrogens with zero attached hydrogens (tertiary/aromatic N) is 3. The van der Waals surface area contributed by atoms with E-state index in [1.165, 1.54) is 8.99 Å². The monoisotopic (exact) mass is 325 g/mol. The van der Waals surface area contributed by atoms with Crippen molar-refractivity contribution in [1.29, 1.82) is 0 Å². The summed E-state index contributed by atoms with van der Waals surface area (Å²) in [6.07, 6.45) is 0.701. The molecule has 7 heteroatoms. The quantitative estimate of drug-likeness (QED) is 0.852. The molecule has 0 saturated carbocycles. The summed E-state index contributed by atoms with van der Waals surface area (Å²) in [6.45, 7) is 3.56. The zero-order chi connectivity index (χ0) is 15.4. The first-order valence-corrected chi connectivity index (χ1v) is 8.47. The minimum atomic E-state index is -3.72. The van der Waals surface area contributed by atoms with E-state index >= 15 is 0 Å². The minimum absolute atomic E-state index is 0.0928. The number of anilines is 1. The number of sulfonamides is 1. The Morgan fingerprint density at radius 1 is 1.33 bits per heavy atom. The highest BCUT2D eigenvalue weighted by atomic mass is 35.5. The van der Waals surface area contributed by atoms with Gasteiger partial charge in [0.25, 0.3) is 10.0 Å². The third-order valence-electron chi connectivity index (χ3n) is 3.76. The average molecular weight is 326 g/mol. The normalized spacial score (nSPS) is 18.1. The zero-order valence-electron chi connectivity index (χ0n) is 12.0. The lowest BCUT2D eigenvalue weighted by Gasteiger charge is -2.24. The van der Waals surface area contributed by atoms with E-state index in [1.807, 2.05) is 31.2 Å². The van der Waals surface area contributed by atoms with Crippen LogP contribution in [0.2, 0.25) is 5.15 Å². The predicted molar refractivity (Wildman–Crippen MR) is 82.2 cm³/mol. The molecular formula is C14H16ClN3O2S. The molecule has 1 aromatic heterocycles. The first-order valence-electron chi connectivity index (χ1n) is 6.65. The van der Waals surface area contributed by atoms with Gasteiger partial charge < -0.3 is 0 Å². The second-order valence-corrected chi connectivity index (χ2v) is 7.42. The van der Waals surface area contributed by atoms with Gasteiger partial charge in [-0.2, -0.15) is 5.10 Å². The lowest BCUT2D eigenvalue weighted by Crippen LogP contribution is -2.36. The molecule has 0 fully saturated rings. The second kappa shape index (κ2) is 4.74. The molecule has 0 N–H and O–H groups in total. The van der Waals surface area contributed by atoms with E-state index in [2.05, 4.69) is 5.10 Å². The molecule has 1 atom stereocenters. The number of aromatic nitrogens is 2. The Bertz CT molecular complexity index is 814. The van der Waals surface area contributed by atoms with E-state index in [-0.39, 0.29) is 16.1 Å². The van der Waals surface area contributed by atoms with Crippen LogP contribution in [0.4, 0.5) is 5.69 Å². The maximum absolute atomic E-state index is 13.1. The Kier molecular flexibility index (Phi) is 3.26. The lowest BCUT2D eigenvalue weighted by molar-refractivity contribution is 0.583. The van der Waals surface area contributed by atoms with Gasteiger partial charge >= 0.3 is 0 Å². The number of rotatable bonds is 2. The van der Waals surface area contributed by atoms with Crippen molar-refractivity contribution in [3.05, 3.63) is 40.7 Å². The first kappa shape index (κ1) is 14.4. The number of benzene rings is 1. The second-order valence-electron chi connectivity index (χ2n) is 5.31. The van der Waals surface area contributed by atoms with E-state index in [0.717, 1.165) is 11.3 Å². The summed E-state index contributed by atoms with van der Waals surface area (Å²) in [4.78, 5) is 0.0928. The Morgan fingerprint density at radius 2 is 2.00 bits per heavy atom. The van der Waals surface area contributed by atoms with Crippen LogP contribution in [0.15, 0.2) is 29.2 Å². The topological polar surface area (TPSA) is 55.2 Å². The zero-order valence-corrected chi connectivity index (χ0v) is 13.6. The Hall–Kier alpha value is -1.53. The van der Waals surface area contributed by atoms with Crippen molar-refractivity contribution in [1.82, 2.24) is 9.78 Å². The van der Waals surface area contributed by atoms with E-state index in [0.29, 0.717) is 12.1 Å². The maximum atomic E-state index is 13.1. The summed E-state index contributed by atoms with van der Waals surface area (Å²) < 4.78 is 28.9. The third kappa shape index (κ3) is 2.05. The van der Waals surface area contributed by atoms with Gasteiger partial charge in [-0.15, -0.1) is 0 Å². The molecule has 21 heavy (non-hydrogen) atoms. The molecule has 2 aromatic rings. The Balaban J connectivity index is 2.20. The van der Waals surface area contributed by atoms with Crippen molar-refractivity contribution in [3.63, 3.8) is 0 Å². The van der Waals surface area contributed by atoms with Gasteiger partial charge in [-0.3, -0.25) is 8.99 Å². The largest absolute Gasteiger partial charge is 0.269 e. The third-order valence-corrected chi connectivity index (χ3v) is 6.39. The van der Waals surface area contributed by atoms with Crippen molar-refractivity contribution in [2.75, 3.05) is 4.31 Å². The van der Waals surface area contributed by atoms with Gasteiger partial charge in [0.15, 0.2) is 0 Å². The molecule has 0 spiro atoms. The molecule has 2 heterocycles. The van der Waals surface area contributed by atoms with Crippen LogP contribution in [0.5, 0.6) is 0 Å². The fourth-order valence-electron chi connectivity index (χ4n) is 2.91. The summed E-state index contributed by atoms with van der Waals surface area (Å²) >= 11 is 6.15. The van der Waals surface area contributed by atoms with Crippen molar-refractivity contribution in [3.8, 4) is 0 Å². The SMILES string of the molecule is Cc1nn(C)c(Cl)c1S(=O)(=O)N1c2ccccc2CC1C. The standard InChI is InChI=1S/C14H16ClN3O2S/c1-9-8-11-6-4-5-7-12(11)18(9)21(19,20)13-10(2)16-17(3)14(13)15/h4-7,9H,8H2,1-3H3. The molecule has 0 radical (unpaired) electrons. The van der Waals surface area contributed by atoms with Crippen LogP contribution in [0.3, 0.4) is 0 Å². The van der Waals surface area contributed by atoms with E-state index in [9.17, 15) is 8.42 Å². The van der Waals surface area contributed by atoms with Crippen molar-refractivity contribution in [2.24, 2.45) is 7.05 Å². The van der Waals surface area contributed by atoms with Gasteiger partial charge in [-0.05, 0) is 31.9 Å². The number of hydrogen-bond acceptors (Lipinski definition) is 3. The van der Waals surface area contributed by atoms with E-state index < -0.39 is 10.0 Å². The molecular weight excluding hydrogens is 310 g/mol. The lowest BCUT2D eigenvalue weighted by atomic mass is 10.1. The van der Waals surface area contributed by atoms with Crippen LogP contribution >= 0.6 is 11.6 Å². The number of hydrogen-bond donors (Lipinski definition) is 0. The van der Waals surface area contributed by atoms with Crippen molar-refractivity contribution < 1.29 is 8.42 Å². The van der Waals surface area contributed by atoms with E-state index in [4.69, 9.17) is 11.6 Å². The molecule has 1 aliphatic heterocycles. The van der Waals surface area contributed by atoms with Gasteiger partial charge in [-0.1, -0.05) is 29.8 Å².